The van der Waals surface area contributed by atoms with Gasteiger partial charge < -0.3 is 18.3 Å². The van der Waals surface area contributed by atoms with Crippen molar-refractivity contribution in [2.45, 2.75) is 58.4 Å². The minimum absolute atomic E-state index is 0.610. The van der Waals surface area contributed by atoms with E-state index in [0.29, 0.717) is 26.4 Å². The summed E-state index contributed by atoms with van der Waals surface area (Å²) in [5.41, 5.74) is -0.610. The number of ether oxygens (including phenoxy) is 2. The highest BCUT2D eigenvalue weighted by atomic mass is 28.4. The maximum atomic E-state index is 6.10. The molecule has 0 bridgehead atoms. The van der Waals surface area contributed by atoms with Gasteiger partial charge in [-0.2, -0.15) is 0 Å². The van der Waals surface area contributed by atoms with Crippen molar-refractivity contribution in [1.82, 2.24) is 0 Å². The van der Waals surface area contributed by atoms with Gasteiger partial charge in [-0.1, -0.05) is 6.42 Å². The summed E-state index contributed by atoms with van der Waals surface area (Å²) in [6.07, 6.45) is 3.16. The molecule has 1 aliphatic rings. The van der Waals surface area contributed by atoms with Crippen LogP contribution < -0.4 is 0 Å². The zero-order valence-electron chi connectivity index (χ0n) is 12.3. The van der Waals surface area contributed by atoms with E-state index in [0.717, 1.165) is 25.3 Å². The lowest BCUT2D eigenvalue weighted by atomic mass is 10.2. The highest BCUT2D eigenvalue weighted by Gasteiger charge is 2.61. The molecular weight excluding hydrogens is 248 g/mol. The van der Waals surface area contributed by atoms with Crippen LogP contribution in [0.5, 0.6) is 0 Å². The molecule has 5 heteroatoms. The Balaban J connectivity index is 3.02. The van der Waals surface area contributed by atoms with E-state index in [4.69, 9.17) is 18.3 Å². The monoisotopic (exact) mass is 276 g/mol. The highest BCUT2D eigenvalue weighted by molar-refractivity contribution is 6.70. The van der Waals surface area contributed by atoms with Gasteiger partial charge in [0.1, 0.15) is 0 Å². The van der Waals surface area contributed by atoms with E-state index in [-0.39, 0.29) is 0 Å². The van der Waals surface area contributed by atoms with E-state index < -0.39 is 14.0 Å². The molecule has 0 spiro atoms. The second-order valence-corrected chi connectivity index (χ2v) is 7.79. The smallest absolute Gasteiger partial charge is 0.392 e. The average molecular weight is 276 g/mol. The molecule has 4 nitrogen and oxygen atoms in total. The maximum Gasteiger partial charge on any atom is 0.399 e. The molecule has 108 valence electrons. The molecular formula is C13H28O4Si. The topological polar surface area (TPSA) is 36.9 Å². The fourth-order valence-corrected chi connectivity index (χ4v) is 6.97. The van der Waals surface area contributed by atoms with Crippen LogP contribution >= 0.6 is 0 Å². The van der Waals surface area contributed by atoms with Crippen molar-refractivity contribution in [2.75, 3.05) is 26.4 Å². The van der Waals surface area contributed by atoms with Gasteiger partial charge in [0.2, 0.25) is 5.41 Å². The third-order valence-electron chi connectivity index (χ3n) is 3.35. The van der Waals surface area contributed by atoms with Crippen molar-refractivity contribution < 1.29 is 18.3 Å². The number of rotatable bonds is 8. The molecule has 18 heavy (non-hydrogen) atoms. The van der Waals surface area contributed by atoms with E-state index in [1.807, 2.05) is 27.7 Å². The maximum absolute atomic E-state index is 6.10. The van der Waals surface area contributed by atoms with Gasteiger partial charge in [0.05, 0.1) is 0 Å². The van der Waals surface area contributed by atoms with Crippen LogP contribution in [0, 0.1) is 0 Å². The fourth-order valence-electron chi connectivity index (χ4n) is 2.84. The third-order valence-corrected chi connectivity index (χ3v) is 7.57. The molecule has 0 atom stereocenters. The molecule has 0 unspecified atom stereocenters. The van der Waals surface area contributed by atoms with Crippen LogP contribution in [0.15, 0.2) is 0 Å². The lowest BCUT2D eigenvalue weighted by Crippen LogP contribution is -2.67. The summed E-state index contributed by atoms with van der Waals surface area (Å²) in [5, 5.41) is 0. The lowest BCUT2D eigenvalue weighted by molar-refractivity contribution is -0.211. The van der Waals surface area contributed by atoms with Crippen molar-refractivity contribution in [3.63, 3.8) is 0 Å². The molecule has 0 amide bonds. The largest absolute Gasteiger partial charge is 0.399 e. The molecule has 1 aliphatic heterocycles. The van der Waals surface area contributed by atoms with Crippen molar-refractivity contribution in [1.29, 1.82) is 0 Å². The quantitative estimate of drug-likeness (QED) is 0.504. The minimum atomic E-state index is -2.45. The fraction of sp³-hybridized carbons (Fsp3) is 1.00. The molecule has 0 radical (unpaired) electrons. The third kappa shape index (κ3) is 3.14. The molecule has 0 saturated carbocycles. The summed E-state index contributed by atoms with van der Waals surface area (Å²) >= 11 is 0. The van der Waals surface area contributed by atoms with E-state index in [9.17, 15) is 0 Å². The van der Waals surface area contributed by atoms with E-state index in [2.05, 4.69) is 0 Å². The van der Waals surface area contributed by atoms with Crippen LogP contribution in [-0.2, 0) is 18.3 Å². The molecule has 1 heterocycles. The second-order valence-electron chi connectivity index (χ2n) is 4.44. The van der Waals surface area contributed by atoms with Crippen LogP contribution in [0.25, 0.3) is 0 Å². The van der Waals surface area contributed by atoms with Gasteiger partial charge in [0, 0.05) is 32.8 Å². The Morgan fingerprint density at radius 2 is 1.39 bits per heavy atom. The Bertz CT molecular complexity index is 188. The molecule has 0 aromatic heterocycles. The van der Waals surface area contributed by atoms with Crippen LogP contribution in [0.2, 0.25) is 6.04 Å². The van der Waals surface area contributed by atoms with Crippen molar-refractivity contribution in [2.24, 2.45) is 0 Å². The Labute approximate surface area is 112 Å². The molecule has 0 aromatic rings. The molecule has 0 aliphatic carbocycles. The first-order chi connectivity index (χ1) is 8.70. The first kappa shape index (κ1) is 16.1. The zero-order valence-corrected chi connectivity index (χ0v) is 13.3. The van der Waals surface area contributed by atoms with Gasteiger partial charge >= 0.3 is 8.56 Å². The number of hydrogen-bond acceptors (Lipinski definition) is 4. The minimum Gasteiger partial charge on any atom is -0.392 e. The van der Waals surface area contributed by atoms with Crippen LogP contribution in [-0.4, -0.2) is 40.4 Å². The summed E-state index contributed by atoms with van der Waals surface area (Å²) in [5.74, 6) is 0. The summed E-state index contributed by atoms with van der Waals surface area (Å²) in [6.45, 7) is 10.6. The van der Waals surface area contributed by atoms with E-state index in [1.54, 1.807) is 0 Å². The Hall–Kier alpha value is 0.0569. The van der Waals surface area contributed by atoms with Gasteiger partial charge in [-0.15, -0.1) is 0 Å². The summed E-state index contributed by atoms with van der Waals surface area (Å²) in [6, 6.07) is 0.967. The second kappa shape index (κ2) is 7.60. The van der Waals surface area contributed by atoms with Crippen LogP contribution in [0.1, 0.15) is 47.0 Å². The van der Waals surface area contributed by atoms with Gasteiger partial charge in [-0.3, -0.25) is 0 Å². The zero-order chi connectivity index (χ0) is 13.5. The first-order valence-electron chi connectivity index (χ1n) is 7.26. The molecule has 0 N–H and O–H groups in total. The first-order valence-corrected chi connectivity index (χ1v) is 9.28. The van der Waals surface area contributed by atoms with Gasteiger partial charge in [-0.05, 0) is 40.2 Å². The predicted octanol–water partition coefficient (Wildman–Crippen LogP) is 2.99. The van der Waals surface area contributed by atoms with Crippen molar-refractivity contribution in [3.8, 4) is 0 Å². The lowest BCUT2D eigenvalue weighted by Gasteiger charge is -2.48. The average Bonchev–Trinajstić information content (AvgIpc) is 2.34. The van der Waals surface area contributed by atoms with Gasteiger partial charge in [0.25, 0.3) is 0 Å². The van der Waals surface area contributed by atoms with Gasteiger partial charge in [0.15, 0.2) is 0 Å². The molecule has 1 rings (SSSR count). The van der Waals surface area contributed by atoms with E-state index >= 15 is 0 Å². The summed E-state index contributed by atoms with van der Waals surface area (Å²) in [7, 11) is -2.45. The number of hydrogen-bond donors (Lipinski definition) is 0. The van der Waals surface area contributed by atoms with Crippen molar-refractivity contribution >= 4 is 8.56 Å². The molecule has 0 aromatic carbocycles. The van der Waals surface area contributed by atoms with Crippen LogP contribution in [0.4, 0.5) is 0 Å². The Morgan fingerprint density at radius 1 is 0.833 bits per heavy atom. The molecule has 1 fully saturated rings. The normalized spacial score (nSPS) is 22.0. The Kier molecular flexibility index (Phi) is 6.80. The van der Waals surface area contributed by atoms with Crippen LogP contribution in [0.3, 0.4) is 0 Å². The standard InChI is InChI=1S/C13H28O4Si/c1-5-14-13(15-6-2)11-9-10-12-18(13,16-7-3)17-8-4/h5-12H2,1-4H3. The van der Waals surface area contributed by atoms with Crippen molar-refractivity contribution in [3.05, 3.63) is 0 Å². The SMILES string of the molecule is CCOC1(OCC)CCCC[Si]1(OCC)OCC. The molecule has 1 saturated heterocycles. The van der Waals surface area contributed by atoms with E-state index in [1.165, 1.54) is 0 Å². The Morgan fingerprint density at radius 3 is 1.83 bits per heavy atom. The predicted molar refractivity (Wildman–Crippen MR) is 73.6 cm³/mol. The summed E-state index contributed by atoms with van der Waals surface area (Å²) < 4.78 is 24.2. The highest BCUT2D eigenvalue weighted by Crippen LogP contribution is 2.41. The van der Waals surface area contributed by atoms with Gasteiger partial charge in [-0.25, -0.2) is 0 Å². The summed E-state index contributed by atoms with van der Waals surface area (Å²) in [4.78, 5) is 0.